The first-order valence-corrected chi connectivity index (χ1v) is 6.97. The van der Waals surface area contributed by atoms with Gasteiger partial charge in [-0.3, -0.25) is 0 Å². The average Bonchev–Trinajstić information content (AvgIpc) is 2.84. The lowest BCUT2D eigenvalue weighted by Gasteiger charge is -2.20. The van der Waals surface area contributed by atoms with E-state index in [2.05, 4.69) is 23.1 Å². The molecule has 1 heterocycles. The van der Waals surface area contributed by atoms with Gasteiger partial charge in [-0.15, -0.1) is 0 Å². The van der Waals surface area contributed by atoms with Crippen LogP contribution in [-0.4, -0.2) is 11.5 Å². The fraction of sp³-hybridized carbons (Fsp3) is 0.188. The molecular formula is C16H15FN2S. The Morgan fingerprint density at radius 3 is 2.85 bits per heavy atom. The van der Waals surface area contributed by atoms with Gasteiger partial charge in [0.15, 0.2) is 0 Å². The quantitative estimate of drug-likeness (QED) is 0.879. The van der Waals surface area contributed by atoms with Crippen molar-refractivity contribution in [1.29, 1.82) is 0 Å². The largest absolute Gasteiger partial charge is 0.389 e. The Hall–Kier alpha value is -1.94. The Morgan fingerprint density at radius 2 is 2.05 bits per heavy atom. The molecule has 0 atom stereocenters. The van der Waals surface area contributed by atoms with Crippen LogP contribution in [0.5, 0.6) is 0 Å². The van der Waals surface area contributed by atoms with Crippen LogP contribution >= 0.6 is 12.2 Å². The summed E-state index contributed by atoms with van der Waals surface area (Å²) in [6.45, 7) is 1.73. The summed E-state index contributed by atoms with van der Waals surface area (Å²) in [4.78, 5) is 2.40. The molecule has 0 fully saturated rings. The summed E-state index contributed by atoms with van der Waals surface area (Å²) < 4.78 is 13.6. The molecule has 0 bridgehead atoms. The molecule has 0 saturated carbocycles. The van der Waals surface area contributed by atoms with Gasteiger partial charge in [-0.1, -0.05) is 36.5 Å². The van der Waals surface area contributed by atoms with E-state index in [1.165, 1.54) is 17.3 Å². The zero-order chi connectivity index (χ0) is 14.1. The number of hydrogen-bond donors (Lipinski definition) is 1. The van der Waals surface area contributed by atoms with E-state index in [1.807, 2.05) is 6.07 Å². The third-order valence-corrected chi connectivity index (χ3v) is 3.87. The second-order valence-electron chi connectivity index (χ2n) is 4.98. The van der Waals surface area contributed by atoms with Crippen molar-refractivity contribution in [3.05, 3.63) is 65.0 Å². The molecule has 1 aliphatic heterocycles. The van der Waals surface area contributed by atoms with E-state index in [9.17, 15) is 4.39 Å². The monoisotopic (exact) mass is 286 g/mol. The second kappa shape index (κ2) is 5.21. The van der Waals surface area contributed by atoms with Gasteiger partial charge in [-0.25, -0.2) is 4.39 Å². The third kappa shape index (κ3) is 2.39. The van der Waals surface area contributed by atoms with Crippen LogP contribution in [-0.2, 0) is 13.0 Å². The van der Waals surface area contributed by atoms with Gasteiger partial charge in [0.25, 0.3) is 0 Å². The first kappa shape index (κ1) is 13.1. The van der Waals surface area contributed by atoms with Crippen LogP contribution in [0.25, 0.3) is 0 Å². The Balaban J connectivity index is 1.86. The van der Waals surface area contributed by atoms with Crippen molar-refractivity contribution < 1.29 is 4.39 Å². The molecule has 4 heteroatoms. The average molecular weight is 286 g/mol. The summed E-state index contributed by atoms with van der Waals surface area (Å²) >= 11 is 4.88. The van der Waals surface area contributed by atoms with Crippen molar-refractivity contribution in [1.82, 2.24) is 0 Å². The molecule has 0 aliphatic carbocycles. The zero-order valence-corrected chi connectivity index (χ0v) is 11.8. The van der Waals surface area contributed by atoms with E-state index in [-0.39, 0.29) is 10.8 Å². The van der Waals surface area contributed by atoms with E-state index in [4.69, 9.17) is 18.0 Å². The molecule has 2 N–H and O–H groups in total. The van der Waals surface area contributed by atoms with Crippen LogP contribution in [0.3, 0.4) is 0 Å². The number of nitrogens with zero attached hydrogens (tertiary/aromatic N) is 1. The molecule has 0 aromatic heterocycles. The second-order valence-corrected chi connectivity index (χ2v) is 5.42. The maximum Gasteiger partial charge on any atom is 0.133 e. The van der Waals surface area contributed by atoms with Gasteiger partial charge in [0.05, 0.1) is 0 Å². The fourth-order valence-electron chi connectivity index (χ4n) is 2.65. The first-order chi connectivity index (χ1) is 9.65. The van der Waals surface area contributed by atoms with Gasteiger partial charge in [-0.2, -0.15) is 0 Å². The number of fused-ring (bicyclic) bond motifs is 1. The highest BCUT2D eigenvalue weighted by Crippen LogP contribution is 2.29. The minimum absolute atomic E-state index is 0.103. The highest BCUT2D eigenvalue weighted by Gasteiger charge is 2.18. The molecule has 1 aliphatic rings. The van der Waals surface area contributed by atoms with Crippen molar-refractivity contribution in [2.75, 3.05) is 11.4 Å². The molecule has 2 aromatic rings. The summed E-state index contributed by atoms with van der Waals surface area (Å²) in [5.74, 6) is -0.358. The molecule has 2 aromatic carbocycles. The molecule has 102 valence electrons. The minimum atomic E-state index is -0.358. The summed E-state index contributed by atoms with van der Waals surface area (Å²) in [5.41, 5.74) is 9.51. The lowest BCUT2D eigenvalue weighted by molar-refractivity contribution is 0.624. The van der Waals surface area contributed by atoms with E-state index in [1.54, 1.807) is 12.1 Å². The summed E-state index contributed by atoms with van der Waals surface area (Å²) in [7, 11) is 0. The summed E-state index contributed by atoms with van der Waals surface area (Å²) in [6, 6.07) is 13.4. The van der Waals surface area contributed by atoms with Crippen LogP contribution in [0.4, 0.5) is 10.1 Å². The van der Waals surface area contributed by atoms with Gasteiger partial charge in [-0.05, 0) is 35.7 Å². The lowest BCUT2D eigenvalue weighted by Crippen LogP contribution is -2.20. The molecule has 0 amide bonds. The van der Waals surface area contributed by atoms with Crippen molar-refractivity contribution in [3.8, 4) is 0 Å². The van der Waals surface area contributed by atoms with Crippen LogP contribution in [0, 0.1) is 5.82 Å². The maximum atomic E-state index is 13.6. The van der Waals surface area contributed by atoms with Gasteiger partial charge in [0.1, 0.15) is 10.8 Å². The number of hydrogen-bond acceptors (Lipinski definition) is 2. The molecule has 3 rings (SSSR count). The van der Waals surface area contributed by atoms with E-state index in [0.29, 0.717) is 5.56 Å². The van der Waals surface area contributed by atoms with Gasteiger partial charge in [0.2, 0.25) is 0 Å². The number of nitrogens with two attached hydrogens (primary N) is 1. The molecular weight excluding hydrogens is 271 g/mol. The Kier molecular flexibility index (Phi) is 3.40. The normalized spacial score (nSPS) is 13.3. The van der Waals surface area contributed by atoms with Crippen molar-refractivity contribution in [3.63, 3.8) is 0 Å². The topological polar surface area (TPSA) is 29.3 Å². The zero-order valence-electron chi connectivity index (χ0n) is 11.0. The van der Waals surface area contributed by atoms with Crippen LogP contribution in [0.2, 0.25) is 0 Å². The van der Waals surface area contributed by atoms with Crippen molar-refractivity contribution in [2.45, 2.75) is 13.0 Å². The highest BCUT2D eigenvalue weighted by atomic mass is 32.1. The molecule has 0 saturated heterocycles. The number of thiocarbonyl (C=S) groups is 1. The van der Waals surface area contributed by atoms with E-state index >= 15 is 0 Å². The predicted octanol–water partition coefficient (Wildman–Crippen LogP) is 3.02. The summed E-state index contributed by atoms with van der Waals surface area (Å²) in [5, 5.41) is 0. The van der Waals surface area contributed by atoms with Crippen molar-refractivity contribution in [2.24, 2.45) is 5.73 Å². The van der Waals surface area contributed by atoms with Gasteiger partial charge in [0, 0.05) is 24.3 Å². The maximum absolute atomic E-state index is 13.6. The first-order valence-electron chi connectivity index (χ1n) is 6.56. The van der Waals surface area contributed by atoms with E-state index in [0.717, 1.165) is 25.1 Å². The highest BCUT2D eigenvalue weighted by molar-refractivity contribution is 7.80. The number of benzene rings is 2. The Morgan fingerprint density at radius 1 is 1.25 bits per heavy atom. The van der Waals surface area contributed by atoms with Crippen LogP contribution in [0.15, 0.2) is 42.5 Å². The Bertz CT molecular complexity index is 669. The van der Waals surface area contributed by atoms with Crippen molar-refractivity contribution >= 4 is 22.9 Å². The van der Waals surface area contributed by atoms with E-state index < -0.39 is 0 Å². The van der Waals surface area contributed by atoms with Crippen LogP contribution < -0.4 is 10.6 Å². The fourth-order valence-corrected chi connectivity index (χ4v) is 2.81. The Labute approximate surface area is 123 Å². The molecule has 0 radical (unpaired) electrons. The number of rotatable bonds is 3. The molecule has 2 nitrogen and oxygen atoms in total. The van der Waals surface area contributed by atoms with Gasteiger partial charge >= 0.3 is 0 Å². The SMILES string of the molecule is NC(=S)c1cc(CN2CCc3ccccc32)ccc1F. The number of halogens is 1. The van der Waals surface area contributed by atoms with Gasteiger partial charge < -0.3 is 10.6 Å². The molecule has 0 unspecified atom stereocenters. The number of para-hydroxylation sites is 1. The number of anilines is 1. The third-order valence-electron chi connectivity index (χ3n) is 3.65. The minimum Gasteiger partial charge on any atom is -0.389 e. The smallest absolute Gasteiger partial charge is 0.133 e. The van der Waals surface area contributed by atoms with Crippen LogP contribution in [0.1, 0.15) is 16.7 Å². The standard InChI is InChI=1S/C16H15FN2S/c17-14-6-5-11(9-13(14)16(18)20)10-19-8-7-12-3-1-2-4-15(12)19/h1-6,9H,7-8,10H2,(H2,18,20). The predicted molar refractivity (Wildman–Crippen MR) is 83.5 cm³/mol. The molecule has 0 spiro atoms. The molecule has 20 heavy (non-hydrogen) atoms. The summed E-state index contributed by atoms with van der Waals surface area (Å²) in [6.07, 6.45) is 1.06. The lowest BCUT2D eigenvalue weighted by atomic mass is 10.1.